The highest BCUT2D eigenvalue weighted by Crippen LogP contribution is 2.30. The lowest BCUT2D eigenvalue weighted by Crippen LogP contribution is -2.41. The van der Waals surface area contributed by atoms with Crippen LogP contribution in [0, 0.1) is 20.8 Å². The van der Waals surface area contributed by atoms with E-state index in [2.05, 4.69) is 5.32 Å². The molecule has 180 valence electrons. The topological polar surface area (TPSA) is 66.5 Å². The Kier molecular flexibility index (Phi) is 7.35. The van der Waals surface area contributed by atoms with Crippen LogP contribution in [0.3, 0.4) is 0 Å². The van der Waals surface area contributed by atoms with Gasteiger partial charge < -0.3 is 5.32 Å². The largest absolute Gasteiger partial charge is 0.416 e. The van der Waals surface area contributed by atoms with Gasteiger partial charge in [-0.05, 0) is 62.2 Å². The van der Waals surface area contributed by atoms with Crippen molar-refractivity contribution in [3.63, 3.8) is 0 Å². The highest BCUT2D eigenvalue weighted by atomic mass is 32.2. The van der Waals surface area contributed by atoms with Gasteiger partial charge in [0.15, 0.2) is 0 Å². The molecule has 0 heterocycles. The van der Waals surface area contributed by atoms with Crippen LogP contribution in [0.15, 0.2) is 71.6 Å². The molecule has 1 amide bonds. The van der Waals surface area contributed by atoms with Gasteiger partial charge in [0, 0.05) is 6.54 Å². The molecule has 0 aliphatic rings. The molecule has 9 heteroatoms. The summed E-state index contributed by atoms with van der Waals surface area (Å²) in [7, 11) is -4.09. The third kappa shape index (κ3) is 5.96. The van der Waals surface area contributed by atoms with E-state index in [-0.39, 0.29) is 17.0 Å². The van der Waals surface area contributed by atoms with Crippen LogP contribution in [-0.2, 0) is 27.5 Å². The smallest absolute Gasteiger partial charge is 0.350 e. The molecule has 0 saturated carbocycles. The maximum Gasteiger partial charge on any atom is 0.416 e. The van der Waals surface area contributed by atoms with Gasteiger partial charge in [0.1, 0.15) is 6.54 Å². The molecular weight excluding hydrogens is 465 g/mol. The molecule has 0 aromatic heterocycles. The number of sulfonamides is 1. The van der Waals surface area contributed by atoms with Crippen LogP contribution in [0.2, 0.25) is 0 Å². The molecule has 3 aromatic carbocycles. The van der Waals surface area contributed by atoms with Crippen LogP contribution in [0.25, 0.3) is 0 Å². The first-order chi connectivity index (χ1) is 15.9. The zero-order valence-electron chi connectivity index (χ0n) is 19.0. The molecule has 0 saturated heterocycles. The number of aryl methyl sites for hydroxylation is 3. The summed E-state index contributed by atoms with van der Waals surface area (Å²) in [6, 6.07) is 16.1. The van der Waals surface area contributed by atoms with E-state index in [1.165, 1.54) is 24.3 Å². The Morgan fingerprint density at radius 1 is 0.912 bits per heavy atom. The van der Waals surface area contributed by atoms with Crippen molar-refractivity contribution in [1.29, 1.82) is 0 Å². The normalized spacial score (nSPS) is 11.8. The minimum Gasteiger partial charge on any atom is -0.350 e. The van der Waals surface area contributed by atoms with Crippen LogP contribution in [0.5, 0.6) is 0 Å². The molecule has 3 rings (SSSR count). The summed E-state index contributed by atoms with van der Waals surface area (Å²) >= 11 is 0. The van der Waals surface area contributed by atoms with Crippen LogP contribution >= 0.6 is 0 Å². The quantitative estimate of drug-likeness (QED) is 0.499. The molecule has 0 aliphatic heterocycles. The number of halogens is 3. The summed E-state index contributed by atoms with van der Waals surface area (Å²) in [5.74, 6) is -0.645. The summed E-state index contributed by atoms with van der Waals surface area (Å²) in [5.41, 5.74) is 2.27. The van der Waals surface area contributed by atoms with Crippen molar-refractivity contribution < 1.29 is 26.4 Å². The number of nitrogens with one attached hydrogen (secondary N) is 1. The van der Waals surface area contributed by atoms with Crippen LogP contribution < -0.4 is 9.62 Å². The first kappa shape index (κ1) is 25.3. The summed E-state index contributed by atoms with van der Waals surface area (Å²) in [4.78, 5) is 12.8. The van der Waals surface area contributed by atoms with Crippen molar-refractivity contribution in [2.45, 2.75) is 38.4 Å². The molecule has 0 unspecified atom stereocenters. The van der Waals surface area contributed by atoms with Gasteiger partial charge in [-0.2, -0.15) is 13.2 Å². The number of carbonyl (C=O) groups is 1. The fraction of sp³-hybridized carbons (Fsp3) is 0.240. The molecular formula is C25H25F3N2O3S. The van der Waals surface area contributed by atoms with Gasteiger partial charge in [0.25, 0.3) is 10.0 Å². The van der Waals surface area contributed by atoms with Gasteiger partial charge in [-0.1, -0.05) is 47.5 Å². The van der Waals surface area contributed by atoms with Gasteiger partial charge in [-0.25, -0.2) is 8.42 Å². The van der Waals surface area contributed by atoms with Crippen molar-refractivity contribution in [2.24, 2.45) is 0 Å². The zero-order valence-corrected chi connectivity index (χ0v) is 19.8. The second-order valence-corrected chi connectivity index (χ2v) is 9.95. The van der Waals surface area contributed by atoms with E-state index in [1.54, 1.807) is 31.2 Å². The summed E-state index contributed by atoms with van der Waals surface area (Å²) in [5, 5.41) is 2.53. The molecule has 0 radical (unpaired) electrons. The van der Waals surface area contributed by atoms with Crippen molar-refractivity contribution in [2.75, 3.05) is 10.8 Å². The number of hydrogen-bond acceptors (Lipinski definition) is 3. The zero-order chi connectivity index (χ0) is 25.1. The number of carbonyl (C=O) groups excluding carboxylic acids is 1. The fourth-order valence-corrected chi connectivity index (χ4v) is 4.95. The number of nitrogens with zero attached hydrogens (tertiary/aromatic N) is 1. The molecule has 0 aliphatic carbocycles. The van der Waals surface area contributed by atoms with Crippen molar-refractivity contribution in [3.8, 4) is 0 Å². The number of amides is 1. The maximum atomic E-state index is 13.5. The Morgan fingerprint density at radius 3 is 2.18 bits per heavy atom. The predicted molar refractivity (Wildman–Crippen MR) is 125 cm³/mol. The van der Waals surface area contributed by atoms with E-state index >= 15 is 0 Å². The Bertz CT molecular complexity index is 1290. The minimum atomic E-state index is -4.50. The molecule has 5 nitrogen and oxygen atoms in total. The molecule has 3 aromatic rings. The number of anilines is 1. The second-order valence-electron chi connectivity index (χ2n) is 8.09. The molecule has 1 N–H and O–H groups in total. The molecule has 0 fully saturated rings. The van der Waals surface area contributed by atoms with E-state index in [9.17, 15) is 26.4 Å². The van der Waals surface area contributed by atoms with Crippen LogP contribution in [-0.4, -0.2) is 20.9 Å². The lowest BCUT2D eigenvalue weighted by atomic mass is 10.1. The van der Waals surface area contributed by atoms with Crippen molar-refractivity contribution in [3.05, 3.63) is 94.5 Å². The van der Waals surface area contributed by atoms with E-state index in [4.69, 9.17) is 0 Å². The van der Waals surface area contributed by atoms with Crippen LogP contribution in [0.4, 0.5) is 18.9 Å². The van der Waals surface area contributed by atoms with Gasteiger partial charge in [-0.15, -0.1) is 0 Å². The molecule has 34 heavy (non-hydrogen) atoms. The maximum absolute atomic E-state index is 13.5. The summed E-state index contributed by atoms with van der Waals surface area (Å²) < 4.78 is 66.8. The summed E-state index contributed by atoms with van der Waals surface area (Å²) in [6.45, 7) is 4.75. The van der Waals surface area contributed by atoms with Gasteiger partial charge >= 0.3 is 6.18 Å². The Morgan fingerprint density at radius 2 is 1.56 bits per heavy atom. The lowest BCUT2D eigenvalue weighted by molar-refractivity contribution is -0.137. The predicted octanol–water partition coefficient (Wildman–Crippen LogP) is 5.14. The molecule has 0 spiro atoms. The second kappa shape index (κ2) is 9.89. The number of alkyl halides is 3. The van der Waals surface area contributed by atoms with Crippen LogP contribution in [0.1, 0.15) is 27.8 Å². The monoisotopic (exact) mass is 490 g/mol. The van der Waals surface area contributed by atoms with E-state index in [0.29, 0.717) is 11.3 Å². The first-order valence-corrected chi connectivity index (χ1v) is 11.9. The SMILES string of the molecule is Cc1ccc(S(=O)(=O)N(CC(=O)NCc2cccc(C(F)(F)F)c2)c2ccc(C)cc2C)cc1. The highest BCUT2D eigenvalue weighted by molar-refractivity contribution is 7.92. The molecule has 0 atom stereocenters. The van der Waals surface area contributed by atoms with E-state index < -0.39 is 34.2 Å². The number of benzene rings is 3. The number of hydrogen-bond donors (Lipinski definition) is 1. The Labute approximate surface area is 197 Å². The Hall–Kier alpha value is -3.33. The summed E-state index contributed by atoms with van der Waals surface area (Å²) in [6.07, 6.45) is -4.50. The number of rotatable bonds is 7. The first-order valence-electron chi connectivity index (χ1n) is 10.5. The third-order valence-corrected chi connectivity index (χ3v) is 7.04. The van der Waals surface area contributed by atoms with E-state index in [1.807, 2.05) is 19.9 Å². The average Bonchev–Trinajstić information content (AvgIpc) is 2.76. The minimum absolute atomic E-state index is 0.0313. The van der Waals surface area contributed by atoms with Gasteiger partial charge in [0.2, 0.25) is 5.91 Å². The lowest BCUT2D eigenvalue weighted by Gasteiger charge is -2.26. The van der Waals surface area contributed by atoms with Gasteiger partial charge in [-0.3, -0.25) is 9.10 Å². The highest BCUT2D eigenvalue weighted by Gasteiger charge is 2.31. The van der Waals surface area contributed by atoms with Crippen molar-refractivity contribution >= 4 is 21.6 Å². The molecule has 0 bridgehead atoms. The Balaban J connectivity index is 1.87. The van der Waals surface area contributed by atoms with Gasteiger partial charge in [0.05, 0.1) is 16.1 Å². The third-order valence-electron chi connectivity index (χ3n) is 5.26. The standard InChI is InChI=1S/C25H25F3N2O3S/c1-17-7-10-22(11-8-17)34(32,33)30(23-12-9-18(2)13-19(23)3)16-24(31)29-15-20-5-4-6-21(14-20)25(26,27)28/h4-14H,15-16H2,1-3H3,(H,29,31). The average molecular weight is 491 g/mol. The fourth-order valence-electron chi connectivity index (χ4n) is 3.47. The van der Waals surface area contributed by atoms with Crippen molar-refractivity contribution in [1.82, 2.24) is 5.32 Å². The van der Waals surface area contributed by atoms with E-state index in [0.717, 1.165) is 27.6 Å².